The van der Waals surface area contributed by atoms with Crippen LogP contribution in [0.15, 0.2) is 29.6 Å². The molecule has 0 aliphatic heterocycles. The lowest BCUT2D eigenvalue weighted by Crippen LogP contribution is -1.85. The standard InChI is InChI=1S/C11H6ClN5/c12-11-9-4-3-8(2-1-5-16-17-13)6-10(9)14-7-15-11/h3-4,6-7H,5H2. The van der Waals surface area contributed by atoms with Crippen molar-refractivity contribution in [2.75, 3.05) is 6.54 Å². The number of rotatable bonds is 1. The van der Waals surface area contributed by atoms with Crippen molar-refractivity contribution < 1.29 is 0 Å². The highest BCUT2D eigenvalue weighted by Crippen LogP contribution is 2.19. The number of azide groups is 1. The Hall–Kier alpha value is -2.28. The third kappa shape index (κ3) is 2.64. The molecule has 1 heterocycles. The van der Waals surface area contributed by atoms with E-state index in [0.29, 0.717) is 5.15 Å². The van der Waals surface area contributed by atoms with E-state index in [1.54, 1.807) is 0 Å². The van der Waals surface area contributed by atoms with Crippen LogP contribution in [0.4, 0.5) is 0 Å². The Bertz CT molecular complexity index is 664. The summed E-state index contributed by atoms with van der Waals surface area (Å²) >= 11 is 5.91. The topological polar surface area (TPSA) is 74.5 Å². The molecule has 0 bridgehead atoms. The summed E-state index contributed by atoms with van der Waals surface area (Å²) < 4.78 is 0. The second-order valence-corrected chi connectivity index (χ2v) is 3.45. The molecule has 0 radical (unpaired) electrons. The molecule has 0 spiro atoms. The second-order valence-electron chi connectivity index (χ2n) is 3.09. The van der Waals surface area contributed by atoms with Crippen LogP contribution < -0.4 is 0 Å². The number of hydrogen-bond acceptors (Lipinski definition) is 3. The van der Waals surface area contributed by atoms with E-state index in [1.165, 1.54) is 6.33 Å². The molecular weight excluding hydrogens is 238 g/mol. The number of halogens is 1. The normalized spacial score (nSPS) is 9.24. The third-order valence-corrected chi connectivity index (χ3v) is 2.33. The highest BCUT2D eigenvalue weighted by molar-refractivity contribution is 6.34. The van der Waals surface area contributed by atoms with Crippen molar-refractivity contribution in [3.8, 4) is 11.8 Å². The first-order valence-electron chi connectivity index (χ1n) is 4.71. The Morgan fingerprint density at radius 2 is 2.29 bits per heavy atom. The Morgan fingerprint density at radius 3 is 3.12 bits per heavy atom. The lowest BCUT2D eigenvalue weighted by Gasteiger charge is -1.98. The van der Waals surface area contributed by atoms with Gasteiger partial charge in [-0.2, -0.15) is 0 Å². The molecule has 5 nitrogen and oxygen atoms in total. The summed E-state index contributed by atoms with van der Waals surface area (Å²) in [6, 6.07) is 5.45. The van der Waals surface area contributed by atoms with Crippen LogP contribution in [-0.4, -0.2) is 16.5 Å². The molecule has 0 unspecified atom stereocenters. The SMILES string of the molecule is [N-]=[N+]=NCC#Cc1ccc2c(Cl)ncnc2c1. The number of fused-ring (bicyclic) bond motifs is 1. The summed E-state index contributed by atoms with van der Waals surface area (Å²) in [7, 11) is 0. The van der Waals surface area contributed by atoms with Gasteiger partial charge in [-0.25, -0.2) is 9.97 Å². The molecule has 0 saturated heterocycles. The van der Waals surface area contributed by atoms with Crippen LogP contribution in [0.2, 0.25) is 5.15 Å². The molecule has 0 saturated carbocycles. The van der Waals surface area contributed by atoms with Crippen molar-refractivity contribution in [2.24, 2.45) is 5.11 Å². The lowest BCUT2D eigenvalue weighted by molar-refractivity contribution is 1.22. The smallest absolute Gasteiger partial charge is 0.140 e. The molecule has 1 aromatic carbocycles. The Kier molecular flexibility index (Phi) is 3.41. The molecule has 1 aromatic heterocycles. The Balaban J connectivity index is 2.37. The van der Waals surface area contributed by atoms with Gasteiger partial charge in [0.1, 0.15) is 11.5 Å². The summed E-state index contributed by atoms with van der Waals surface area (Å²) in [5.41, 5.74) is 9.62. The van der Waals surface area contributed by atoms with Gasteiger partial charge >= 0.3 is 0 Å². The average Bonchev–Trinajstić information content (AvgIpc) is 2.35. The van der Waals surface area contributed by atoms with E-state index in [4.69, 9.17) is 17.1 Å². The fourth-order valence-electron chi connectivity index (χ4n) is 1.31. The van der Waals surface area contributed by atoms with E-state index < -0.39 is 0 Å². The number of hydrogen-bond donors (Lipinski definition) is 0. The maximum atomic E-state index is 8.09. The molecule has 0 aliphatic carbocycles. The Morgan fingerprint density at radius 1 is 1.41 bits per heavy atom. The summed E-state index contributed by atoms with van der Waals surface area (Å²) in [4.78, 5) is 10.6. The monoisotopic (exact) mass is 243 g/mol. The van der Waals surface area contributed by atoms with Crippen LogP contribution >= 0.6 is 11.6 Å². The largest absolute Gasteiger partial charge is 0.236 e. The number of aromatic nitrogens is 2. The number of nitrogens with zero attached hydrogens (tertiary/aromatic N) is 5. The van der Waals surface area contributed by atoms with Gasteiger partial charge in [-0.3, -0.25) is 0 Å². The summed E-state index contributed by atoms with van der Waals surface area (Å²) in [6.07, 6.45) is 1.40. The van der Waals surface area contributed by atoms with Crippen molar-refractivity contribution in [1.29, 1.82) is 0 Å². The van der Waals surface area contributed by atoms with Gasteiger partial charge in [0.25, 0.3) is 0 Å². The molecule has 82 valence electrons. The fourth-order valence-corrected chi connectivity index (χ4v) is 1.51. The molecule has 17 heavy (non-hydrogen) atoms. The van der Waals surface area contributed by atoms with Gasteiger partial charge in [-0.15, -0.1) is 0 Å². The van der Waals surface area contributed by atoms with Gasteiger partial charge in [0.05, 0.1) is 12.1 Å². The van der Waals surface area contributed by atoms with E-state index in [1.807, 2.05) is 18.2 Å². The van der Waals surface area contributed by atoms with E-state index in [-0.39, 0.29) is 6.54 Å². The first-order chi connectivity index (χ1) is 8.31. The lowest BCUT2D eigenvalue weighted by atomic mass is 10.1. The van der Waals surface area contributed by atoms with E-state index in [9.17, 15) is 0 Å². The molecule has 0 aliphatic rings. The Labute approximate surface area is 102 Å². The zero-order valence-electron chi connectivity index (χ0n) is 8.63. The molecule has 2 aromatic rings. The molecule has 0 atom stereocenters. The number of benzene rings is 1. The van der Waals surface area contributed by atoms with E-state index in [2.05, 4.69) is 31.8 Å². The van der Waals surface area contributed by atoms with Crippen LogP contribution in [0.25, 0.3) is 21.3 Å². The molecule has 6 heteroatoms. The highest BCUT2D eigenvalue weighted by atomic mass is 35.5. The van der Waals surface area contributed by atoms with Crippen LogP contribution in [0.1, 0.15) is 5.56 Å². The van der Waals surface area contributed by atoms with Crippen molar-refractivity contribution >= 4 is 22.5 Å². The zero-order valence-corrected chi connectivity index (χ0v) is 9.39. The summed E-state index contributed by atoms with van der Waals surface area (Å²) in [5, 5.41) is 4.53. The van der Waals surface area contributed by atoms with Gasteiger partial charge in [-0.1, -0.05) is 28.6 Å². The van der Waals surface area contributed by atoms with Gasteiger partial charge in [0.2, 0.25) is 0 Å². The van der Waals surface area contributed by atoms with Gasteiger partial charge < -0.3 is 0 Å². The molecule has 2 rings (SSSR count). The van der Waals surface area contributed by atoms with Crippen molar-refractivity contribution in [2.45, 2.75) is 0 Å². The van der Waals surface area contributed by atoms with Crippen LogP contribution in [0, 0.1) is 11.8 Å². The molecular formula is C11H6ClN5. The summed E-state index contributed by atoms with van der Waals surface area (Å²) in [5.74, 6) is 5.61. The minimum atomic E-state index is 0.152. The van der Waals surface area contributed by atoms with Gasteiger partial charge in [0.15, 0.2) is 0 Å². The van der Waals surface area contributed by atoms with E-state index >= 15 is 0 Å². The van der Waals surface area contributed by atoms with Gasteiger partial charge in [0, 0.05) is 15.9 Å². The van der Waals surface area contributed by atoms with Crippen LogP contribution in [0.3, 0.4) is 0 Å². The minimum absolute atomic E-state index is 0.152. The summed E-state index contributed by atoms with van der Waals surface area (Å²) in [6.45, 7) is 0.152. The van der Waals surface area contributed by atoms with Crippen LogP contribution in [0.5, 0.6) is 0 Å². The quantitative estimate of drug-likeness (QED) is 0.254. The minimum Gasteiger partial charge on any atom is -0.236 e. The highest BCUT2D eigenvalue weighted by Gasteiger charge is 2.00. The first-order valence-corrected chi connectivity index (χ1v) is 5.09. The second kappa shape index (κ2) is 5.17. The zero-order chi connectivity index (χ0) is 12.1. The molecule has 0 N–H and O–H groups in total. The van der Waals surface area contributed by atoms with Crippen molar-refractivity contribution in [3.63, 3.8) is 0 Å². The maximum Gasteiger partial charge on any atom is 0.140 e. The van der Waals surface area contributed by atoms with Crippen molar-refractivity contribution in [3.05, 3.63) is 45.7 Å². The van der Waals surface area contributed by atoms with E-state index in [0.717, 1.165) is 16.5 Å². The van der Waals surface area contributed by atoms with Crippen molar-refractivity contribution in [1.82, 2.24) is 9.97 Å². The average molecular weight is 244 g/mol. The molecule has 0 amide bonds. The predicted molar refractivity (Wildman–Crippen MR) is 65.4 cm³/mol. The van der Waals surface area contributed by atoms with Crippen LogP contribution in [-0.2, 0) is 0 Å². The predicted octanol–water partition coefficient (Wildman–Crippen LogP) is 2.95. The maximum absolute atomic E-state index is 8.09. The van der Waals surface area contributed by atoms with Gasteiger partial charge in [-0.05, 0) is 23.7 Å². The molecule has 0 fully saturated rings. The third-order valence-electron chi connectivity index (χ3n) is 2.03. The first kappa shape index (κ1) is 11.2. The fraction of sp³-hybridized carbons (Fsp3) is 0.0909.